The van der Waals surface area contributed by atoms with Gasteiger partial charge in [-0.2, -0.15) is 0 Å². The molecule has 7 nitrogen and oxygen atoms in total. The van der Waals surface area contributed by atoms with Gasteiger partial charge in [0.2, 0.25) is 0 Å². The normalized spacial score (nSPS) is 18.7. The van der Waals surface area contributed by atoms with Crippen LogP contribution in [0.15, 0.2) is 47.6 Å². The Morgan fingerprint density at radius 3 is 1.71 bits per heavy atom. The maximum Gasteiger partial charge on any atom is 0.331 e. The van der Waals surface area contributed by atoms with Crippen LogP contribution in [0, 0.1) is 6.07 Å². The molecule has 0 spiro atoms. The molecule has 1 aromatic rings. The smallest absolute Gasteiger partial charge is 0.331 e. The highest BCUT2D eigenvalue weighted by Crippen LogP contribution is 2.39. The first-order chi connectivity index (χ1) is 17.7. The molecule has 2 aliphatic rings. The molecule has 1 radical (unpaired) electrons. The third-order valence-electron chi connectivity index (χ3n) is 5.69. The van der Waals surface area contributed by atoms with E-state index >= 15 is 0 Å². The Hall–Kier alpha value is -3.74. The minimum atomic E-state index is -0.627. The van der Waals surface area contributed by atoms with Crippen molar-refractivity contribution < 1.29 is 33.4 Å². The van der Waals surface area contributed by atoms with Crippen LogP contribution in [0.2, 0.25) is 0 Å². The lowest BCUT2D eigenvalue weighted by atomic mass is 9.81. The molecule has 0 aromatic heterocycles. The van der Waals surface area contributed by atoms with Gasteiger partial charge in [0.05, 0.1) is 7.11 Å². The topological polar surface area (TPSA) is 96.0 Å². The molecule has 1 aromatic carbocycles. The van der Waals surface area contributed by atoms with Crippen molar-refractivity contribution in [3.05, 3.63) is 64.8 Å². The predicted molar refractivity (Wildman–Crippen MR) is 144 cm³/mol. The minimum absolute atomic E-state index is 0.0539. The molecule has 3 rings (SSSR count). The molecule has 201 valence electrons. The van der Waals surface area contributed by atoms with Crippen molar-refractivity contribution in [2.24, 2.45) is 0 Å². The summed E-state index contributed by atoms with van der Waals surface area (Å²) < 4.78 is 16.2. The second-order valence-electron chi connectivity index (χ2n) is 11.3. The molecule has 0 atom stereocenters. The van der Waals surface area contributed by atoms with Crippen LogP contribution in [0.1, 0.15) is 78.4 Å². The van der Waals surface area contributed by atoms with Crippen LogP contribution >= 0.6 is 0 Å². The van der Waals surface area contributed by atoms with Crippen LogP contribution in [0.3, 0.4) is 0 Å². The molecule has 7 heteroatoms. The van der Waals surface area contributed by atoms with Gasteiger partial charge in [-0.25, -0.2) is 9.59 Å². The molecule has 0 aliphatic heterocycles. The van der Waals surface area contributed by atoms with Crippen LogP contribution in [0.4, 0.5) is 0 Å². The number of benzene rings is 1. The summed E-state index contributed by atoms with van der Waals surface area (Å²) in [5.41, 5.74) is 1.86. The van der Waals surface area contributed by atoms with Gasteiger partial charge in [0.25, 0.3) is 0 Å². The predicted octanol–water partition coefficient (Wildman–Crippen LogP) is 5.52. The van der Waals surface area contributed by atoms with E-state index in [4.69, 9.17) is 14.2 Å². The van der Waals surface area contributed by atoms with E-state index in [1.165, 1.54) is 19.3 Å². The average Bonchev–Trinajstić information content (AvgIpc) is 2.76. The van der Waals surface area contributed by atoms with E-state index in [-0.39, 0.29) is 24.4 Å². The summed E-state index contributed by atoms with van der Waals surface area (Å²) in [7, 11) is 1.50. The van der Waals surface area contributed by atoms with Crippen LogP contribution in [0.5, 0.6) is 5.75 Å². The molecule has 0 heterocycles. The lowest BCUT2D eigenvalue weighted by Gasteiger charge is -2.23. The summed E-state index contributed by atoms with van der Waals surface area (Å²) in [6.45, 7) is 10.7. The summed E-state index contributed by atoms with van der Waals surface area (Å²) >= 11 is 0. The van der Waals surface area contributed by atoms with E-state index in [0.717, 1.165) is 0 Å². The molecule has 0 fully saturated rings. The number of ether oxygens (including phenoxy) is 3. The highest BCUT2D eigenvalue weighted by atomic mass is 16.6. The average molecular weight is 520 g/mol. The van der Waals surface area contributed by atoms with Crippen molar-refractivity contribution in [2.45, 2.75) is 78.4 Å². The molecule has 0 amide bonds. The number of carbonyl (C=O) groups excluding carboxylic acids is 4. The molecule has 0 unspecified atom stereocenters. The first-order valence-electron chi connectivity index (χ1n) is 12.6. The molecule has 2 aliphatic carbocycles. The van der Waals surface area contributed by atoms with Crippen molar-refractivity contribution >= 4 is 34.7 Å². The summed E-state index contributed by atoms with van der Waals surface area (Å²) in [5, 5.41) is 0. The number of ketones is 2. The van der Waals surface area contributed by atoms with Crippen molar-refractivity contribution in [3.63, 3.8) is 0 Å². The van der Waals surface area contributed by atoms with Crippen molar-refractivity contribution in [3.8, 4) is 5.75 Å². The van der Waals surface area contributed by atoms with Gasteiger partial charge >= 0.3 is 11.9 Å². The van der Waals surface area contributed by atoms with Crippen LogP contribution in [-0.2, 0) is 28.7 Å². The quantitative estimate of drug-likeness (QED) is 0.373. The number of hydrogen-bond acceptors (Lipinski definition) is 7. The summed E-state index contributed by atoms with van der Waals surface area (Å²) in [6.07, 6.45) is 7.13. The van der Waals surface area contributed by atoms with E-state index in [1.54, 1.807) is 65.8 Å². The zero-order chi connectivity index (χ0) is 28.3. The molecule has 0 bridgehead atoms. The first kappa shape index (κ1) is 28.8. The molecule has 38 heavy (non-hydrogen) atoms. The number of carbonyl (C=O) groups is 4. The summed E-state index contributed by atoms with van der Waals surface area (Å²) in [4.78, 5) is 50.8. The molecular formula is C31H35O7. The molecule has 0 N–H and O–H groups in total. The van der Waals surface area contributed by atoms with Gasteiger partial charge in [-0.15, -0.1) is 0 Å². The van der Waals surface area contributed by atoms with Crippen molar-refractivity contribution in [1.29, 1.82) is 0 Å². The van der Waals surface area contributed by atoms with E-state index in [1.807, 2.05) is 0 Å². The molecule has 0 saturated heterocycles. The number of rotatable bonds is 5. The Morgan fingerprint density at radius 2 is 1.29 bits per heavy atom. The fourth-order valence-corrected chi connectivity index (χ4v) is 4.27. The van der Waals surface area contributed by atoms with Gasteiger partial charge in [0.15, 0.2) is 11.6 Å². The fraction of sp³-hybridized carbons (Fsp3) is 0.419. The van der Waals surface area contributed by atoms with E-state index < -0.39 is 23.1 Å². The lowest BCUT2D eigenvalue weighted by molar-refractivity contribution is -0.149. The third-order valence-corrected chi connectivity index (χ3v) is 5.69. The monoisotopic (exact) mass is 519 g/mol. The van der Waals surface area contributed by atoms with Gasteiger partial charge in [-0.3, -0.25) is 9.59 Å². The van der Waals surface area contributed by atoms with E-state index in [9.17, 15) is 19.2 Å². The number of allylic oxidation sites excluding steroid dienone is 6. The zero-order valence-electron chi connectivity index (χ0n) is 23.2. The van der Waals surface area contributed by atoms with Crippen LogP contribution in [-0.4, -0.2) is 41.8 Å². The van der Waals surface area contributed by atoms with Crippen LogP contribution in [0.25, 0.3) is 11.1 Å². The number of Topliss-reactive ketones (excluding diaryl/α,β-unsaturated/α-hetero) is 2. The van der Waals surface area contributed by atoms with Gasteiger partial charge < -0.3 is 14.2 Å². The van der Waals surface area contributed by atoms with Gasteiger partial charge in [0, 0.05) is 47.3 Å². The minimum Gasteiger partial charge on any atom is -0.496 e. The summed E-state index contributed by atoms with van der Waals surface area (Å²) in [5.74, 6) is -0.914. The Balaban J connectivity index is 1.93. The maximum absolute atomic E-state index is 13.2. The number of methoxy groups -OCH3 is 1. The lowest BCUT2D eigenvalue weighted by Crippen LogP contribution is -2.23. The fourth-order valence-electron chi connectivity index (χ4n) is 4.27. The number of esters is 2. The summed E-state index contributed by atoms with van der Waals surface area (Å²) in [6, 6.07) is 6.47. The Morgan fingerprint density at radius 1 is 0.816 bits per heavy atom. The third kappa shape index (κ3) is 7.63. The Kier molecular flexibility index (Phi) is 8.60. The van der Waals surface area contributed by atoms with Gasteiger partial charge in [-0.1, -0.05) is 29.4 Å². The standard InChI is InChI=1S/C31H35O7/c1-30(2,3)37-27(34)17-19-11-13-21(24(32)15-19)22-9-8-10-26(36-7)29(22)23-14-12-20(16-25(23)33)18-28(35)38-31(4,5)6/h8,10,13-14,17-18H,11-12,15-16H2,1-7H3. The van der Waals surface area contributed by atoms with Gasteiger partial charge in [0.1, 0.15) is 17.0 Å². The first-order valence-corrected chi connectivity index (χ1v) is 12.6. The second kappa shape index (κ2) is 11.3. The van der Waals surface area contributed by atoms with E-state index in [0.29, 0.717) is 52.0 Å². The zero-order valence-corrected chi connectivity index (χ0v) is 23.2. The Labute approximate surface area is 224 Å². The van der Waals surface area contributed by atoms with Crippen molar-refractivity contribution in [1.82, 2.24) is 0 Å². The highest BCUT2D eigenvalue weighted by Gasteiger charge is 2.29. The van der Waals surface area contributed by atoms with Gasteiger partial charge in [-0.05, 0) is 66.5 Å². The van der Waals surface area contributed by atoms with Crippen LogP contribution < -0.4 is 4.74 Å². The maximum atomic E-state index is 13.2. The molecular weight excluding hydrogens is 484 g/mol. The van der Waals surface area contributed by atoms with Crippen molar-refractivity contribution in [2.75, 3.05) is 7.11 Å². The second-order valence-corrected chi connectivity index (χ2v) is 11.3. The highest BCUT2D eigenvalue weighted by molar-refractivity contribution is 6.28. The van der Waals surface area contributed by atoms with E-state index in [2.05, 4.69) is 6.07 Å². The SMILES string of the molecule is COc1cc[c]c(C2=CCC(=CC(=O)OC(C)(C)C)CC2=O)c1C1=CCC(=CC(=O)OC(C)(C)C)CC1=O. The largest absolute Gasteiger partial charge is 0.496 e. The molecule has 0 saturated carbocycles. The number of hydrogen-bond donors (Lipinski definition) is 0. The Bertz CT molecular complexity index is 1270.